The van der Waals surface area contributed by atoms with Crippen molar-refractivity contribution in [3.8, 4) is 5.75 Å². The Labute approximate surface area is 138 Å². The first-order valence-corrected chi connectivity index (χ1v) is 8.06. The quantitative estimate of drug-likeness (QED) is 0.872. The van der Waals surface area contributed by atoms with Gasteiger partial charge in [0.25, 0.3) is 0 Å². The van der Waals surface area contributed by atoms with Crippen LogP contribution in [-0.2, 0) is 4.79 Å². The molecule has 0 saturated heterocycles. The predicted octanol–water partition coefficient (Wildman–Crippen LogP) is 4.03. The highest BCUT2D eigenvalue weighted by atomic mass is 79.9. The maximum Gasteiger partial charge on any atom is 0.224 e. The molecule has 1 fully saturated rings. The normalized spacial score (nSPS) is 21.2. The van der Waals surface area contributed by atoms with Gasteiger partial charge in [0.05, 0.1) is 23.9 Å². The van der Waals surface area contributed by atoms with Crippen LogP contribution in [0.4, 0.5) is 0 Å². The first-order chi connectivity index (χ1) is 10.6. The van der Waals surface area contributed by atoms with Gasteiger partial charge in [0.2, 0.25) is 5.91 Å². The van der Waals surface area contributed by atoms with Crippen molar-refractivity contribution in [2.45, 2.75) is 25.3 Å². The number of amides is 1. The molecule has 1 heterocycles. The van der Waals surface area contributed by atoms with Crippen LogP contribution in [0.15, 0.2) is 45.5 Å². The molecule has 0 spiro atoms. The second-order valence-electron chi connectivity index (χ2n) is 5.59. The zero-order valence-corrected chi connectivity index (χ0v) is 14.1. The Hall–Kier alpha value is -1.75. The minimum atomic E-state index is -0.0486. The Balaban J connectivity index is 1.61. The standard InChI is InChI=1S/C17H18BrNO3/c1-10(11-5-6-16(21-2)14(18)8-11)19-17(20)13-9-12(13)15-4-3-7-22-15/h3-8,10,12-13H,9H2,1-2H3,(H,19,20). The number of nitrogens with one attached hydrogen (secondary N) is 1. The average molecular weight is 364 g/mol. The van der Waals surface area contributed by atoms with Gasteiger partial charge in [-0.2, -0.15) is 0 Å². The second kappa shape index (κ2) is 6.16. The van der Waals surface area contributed by atoms with E-state index in [1.54, 1.807) is 13.4 Å². The number of furan rings is 1. The maximum absolute atomic E-state index is 12.3. The molecule has 116 valence electrons. The summed E-state index contributed by atoms with van der Waals surface area (Å²) in [6.45, 7) is 1.98. The predicted molar refractivity (Wildman–Crippen MR) is 86.8 cm³/mol. The van der Waals surface area contributed by atoms with E-state index < -0.39 is 0 Å². The Morgan fingerprint density at radius 2 is 2.27 bits per heavy atom. The summed E-state index contributed by atoms with van der Waals surface area (Å²) >= 11 is 3.47. The van der Waals surface area contributed by atoms with Crippen LogP contribution < -0.4 is 10.1 Å². The monoisotopic (exact) mass is 363 g/mol. The third-order valence-electron chi connectivity index (χ3n) is 4.07. The second-order valence-corrected chi connectivity index (χ2v) is 6.44. The fraction of sp³-hybridized carbons (Fsp3) is 0.353. The summed E-state index contributed by atoms with van der Waals surface area (Å²) in [5.74, 6) is 2.02. The van der Waals surface area contributed by atoms with E-state index in [0.717, 1.165) is 28.0 Å². The molecule has 5 heteroatoms. The van der Waals surface area contributed by atoms with Gasteiger partial charge in [-0.25, -0.2) is 0 Å². The summed E-state index contributed by atoms with van der Waals surface area (Å²) in [4.78, 5) is 12.3. The van der Waals surface area contributed by atoms with Crippen molar-refractivity contribution in [2.75, 3.05) is 7.11 Å². The Morgan fingerprint density at radius 1 is 1.45 bits per heavy atom. The van der Waals surface area contributed by atoms with E-state index in [0.29, 0.717) is 0 Å². The molecule has 4 nitrogen and oxygen atoms in total. The molecule has 1 aliphatic carbocycles. The number of hydrogen-bond donors (Lipinski definition) is 1. The van der Waals surface area contributed by atoms with Crippen LogP contribution in [0.5, 0.6) is 5.75 Å². The van der Waals surface area contributed by atoms with Gasteiger partial charge in [-0.05, 0) is 59.1 Å². The molecular weight excluding hydrogens is 346 g/mol. The van der Waals surface area contributed by atoms with Gasteiger partial charge in [-0.3, -0.25) is 4.79 Å². The van der Waals surface area contributed by atoms with Crippen LogP contribution in [0, 0.1) is 5.92 Å². The fourth-order valence-corrected chi connectivity index (χ4v) is 3.22. The van der Waals surface area contributed by atoms with E-state index in [9.17, 15) is 4.79 Å². The molecule has 1 aliphatic rings. The lowest BCUT2D eigenvalue weighted by atomic mass is 10.1. The molecule has 1 aromatic heterocycles. The van der Waals surface area contributed by atoms with Gasteiger partial charge in [0.15, 0.2) is 0 Å². The van der Waals surface area contributed by atoms with E-state index >= 15 is 0 Å². The number of carbonyl (C=O) groups is 1. The van der Waals surface area contributed by atoms with Gasteiger partial charge in [0, 0.05) is 11.8 Å². The van der Waals surface area contributed by atoms with Crippen molar-refractivity contribution in [3.63, 3.8) is 0 Å². The van der Waals surface area contributed by atoms with E-state index in [4.69, 9.17) is 9.15 Å². The molecule has 1 amide bonds. The van der Waals surface area contributed by atoms with Crippen LogP contribution in [0.2, 0.25) is 0 Å². The van der Waals surface area contributed by atoms with Crippen LogP contribution in [0.25, 0.3) is 0 Å². The number of ether oxygens (including phenoxy) is 1. The first kappa shape index (κ1) is 15.2. The van der Waals surface area contributed by atoms with Crippen LogP contribution in [0.1, 0.15) is 36.6 Å². The van der Waals surface area contributed by atoms with E-state index in [2.05, 4.69) is 21.2 Å². The fourth-order valence-electron chi connectivity index (χ4n) is 2.66. The minimum absolute atomic E-state index is 0.0234. The lowest BCUT2D eigenvalue weighted by Gasteiger charge is -2.15. The van der Waals surface area contributed by atoms with E-state index in [1.165, 1.54) is 0 Å². The summed E-state index contributed by atoms with van der Waals surface area (Å²) in [6.07, 6.45) is 2.51. The molecule has 1 aromatic carbocycles. The van der Waals surface area contributed by atoms with Crippen LogP contribution in [0.3, 0.4) is 0 Å². The van der Waals surface area contributed by atoms with Gasteiger partial charge < -0.3 is 14.5 Å². The third kappa shape index (κ3) is 3.04. The number of halogens is 1. The molecule has 0 aliphatic heterocycles. The molecule has 0 bridgehead atoms. The maximum atomic E-state index is 12.3. The van der Waals surface area contributed by atoms with Gasteiger partial charge in [-0.15, -0.1) is 0 Å². The van der Waals surface area contributed by atoms with Crippen molar-refractivity contribution in [2.24, 2.45) is 5.92 Å². The summed E-state index contributed by atoms with van der Waals surface area (Å²) in [6, 6.07) is 9.58. The highest BCUT2D eigenvalue weighted by Crippen LogP contribution is 2.47. The molecule has 2 aromatic rings. The third-order valence-corrected chi connectivity index (χ3v) is 4.69. The number of rotatable bonds is 5. The van der Waals surface area contributed by atoms with Gasteiger partial charge >= 0.3 is 0 Å². The summed E-state index contributed by atoms with van der Waals surface area (Å²) in [5, 5.41) is 3.07. The lowest BCUT2D eigenvalue weighted by Crippen LogP contribution is -2.28. The molecule has 1 saturated carbocycles. The Kier molecular flexibility index (Phi) is 4.25. The molecule has 1 N–H and O–H groups in total. The molecule has 22 heavy (non-hydrogen) atoms. The van der Waals surface area contributed by atoms with E-state index in [-0.39, 0.29) is 23.8 Å². The van der Waals surface area contributed by atoms with Crippen molar-refractivity contribution >= 4 is 21.8 Å². The Morgan fingerprint density at radius 3 is 2.91 bits per heavy atom. The molecule has 3 atom stereocenters. The summed E-state index contributed by atoms with van der Waals surface area (Å²) in [5.41, 5.74) is 1.04. The largest absolute Gasteiger partial charge is 0.496 e. The van der Waals surface area contributed by atoms with Crippen LogP contribution in [-0.4, -0.2) is 13.0 Å². The number of benzene rings is 1. The van der Waals surface area contributed by atoms with Crippen molar-refractivity contribution < 1.29 is 13.9 Å². The zero-order chi connectivity index (χ0) is 15.7. The Bertz CT molecular complexity index is 669. The number of carbonyl (C=O) groups excluding carboxylic acids is 1. The highest BCUT2D eigenvalue weighted by molar-refractivity contribution is 9.10. The molecule has 3 rings (SSSR count). The van der Waals surface area contributed by atoms with E-state index in [1.807, 2.05) is 37.3 Å². The number of hydrogen-bond acceptors (Lipinski definition) is 3. The first-order valence-electron chi connectivity index (χ1n) is 7.27. The molecular formula is C17H18BrNO3. The minimum Gasteiger partial charge on any atom is -0.496 e. The van der Waals surface area contributed by atoms with Crippen LogP contribution >= 0.6 is 15.9 Å². The smallest absolute Gasteiger partial charge is 0.224 e. The summed E-state index contributed by atoms with van der Waals surface area (Å²) in [7, 11) is 1.63. The highest BCUT2D eigenvalue weighted by Gasteiger charge is 2.46. The SMILES string of the molecule is COc1ccc(C(C)NC(=O)C2CC2c2ccco2)cc1Br. The number of methoxy groups -OCH3 is 1. The van der Waals surface area contributed by atoms with Gasteiger partial charge in [-0.1, -0.05) is 6.07 Å². The van der Waals surface area contributed by atoms with Gasteiger partial charge in [0.1, 0.15) is 11.5 Å². The topological polar surface area (TPSA) is 51.5 Å². The molecule has 0 radical (unpaired) electrons. The summed E-state index contributed by atoms with van der Waals surface area (Å²) < 4.78 is 11.5. The van der Waals surface area contributed by atoms with Crippen molar-refractivity contribution in [1.82, 2.24) is 5.32 Å². The molecule has 3 unspecified atom stereocenters. The lowest BCUT2D eigenvalue weighted by molar-refractivity contribution is -0.123. The average Bonchev–Trinajstić information content (AvgIpc) is 3.13. The zero-order valence-electron chi connectivity index (χ0n) is 12.5. The van der Waals surface area contributed by atoms with Crippen molar-refractivity contribution in [3.05, 3.63) is 52.4 Å². The van der Waals surface area contributed by atoms with Crippen molar-refractivity contribution in [1.29, 1.82) is 0 Å².